The molecule has 156 valence electrons. The summed E-state index contributed by atoms with van der Waals surface area (Å²) in [5, 5.41) is 17.4. The van der Waals surface area contributed by atoms with E-state index in [1.54, 1.807) is 36.1 Å². The minimum Gasteiger partial charge on any atom is -0.507 e. The quantitative estimate of drug-likeness (QED) is 0.372. The van der Waals surface area contributed by atoms with Gasteiger partial charge in [0.05, 0.1) is 29.2 Å². The molecule has 1 aliphatic heterocycles. The van der Waals surface area contributed by atoms with Gasteiger partial charge in [-0.05, 0) is 31.7 Å². The molecule has 0 aliphatic carbocycles. The van der Waals surface area contributed by atoms with Crippen LogP contribution in [0.4, 0.5) is 0 Å². The molecular formula is C21H23N5O3S. The third kappa shape index (κ3) is 3.35. The number of aliphatic hydroxyl groups is 1. The molecule has 4 heterocycles. The summed E-state index contributed by atoms with van der Waals surface area (Å²) in [6, 6.07) is 3.17. The first kappa shape index (κ1) is 20.1. The largest absolute Gasteiger partial charge is 0.507 e. The second kappa shape index (κ2) is 7.91. The maximum absolute atomic E-state index is 13.0. The van der Waals surface area contributed by atoms with Gasteiger partial charge in [0.1, 0.15) is 5.76 Å². The SMILES string of the molecule is Cc1nn(C)c(C)c1C(O)=C1C(=O)C(=O)N(CCCn2ccnc2)C1c1cccs1. The van der Waals surface area contributed by atoms with Gasteiger partial charge in [-0.15, -0.1) is 11.3 Å². The summed E-state index contributed by atoms with van der Waals surface area (Å²) in [7, 11) is 1.78. The van der Waals surface area contributed by atoms with Crippen molar-refractivity contribution < 1.29 is 14.7 Å². The molecule has 1 amide bonds. The number of aromatic nitrogens is 4. The standard InChI is InChI=1S/C21H23N5O3S/c1-13-16(14(2)24(3)23-13)19(27)17-18(15-6-4-11-30-15)26(21(29)20(17)28)9-5-8-25-10-7-22-12-25/h4,6-7,10-12,18,27H,5,8-9H2,1-3H3. The van der Waals surface area contributed by atoms with Crippen molar-refractivity contribution in [1.82, 2.24) is 24.2 Å². The second-order valence-corrected chi connectivity index (χ2v) is 8.31. The molecule has 1 unspecified atom stereocenters. The molecule has 1 saturated heterocycles. The molecule has 4 rings (SSSR count). The lowest BCUT2D eigenvalue weighted by Gasteiger charge is -2.24. The summed E-state index contributed by atoms with van der Waals surface area (Å²) in [5.41, 5.74) is 1.99. The van der Waals surface area contributed by atoms with Crippen molar-refractivity contribution in [2.45, 2.75) is 32.9 Å². The molecule has 0 saturated carbocycles. The first-order chi connectivity index (χ1) is 14.4. The number of amides is 1. The zero-order chi connectivity index (χ0) is 21.4. The van der Waals surface area contributed by atoms with E-state index in [9.17, 15) is 14.7 Å². The summed E-state index contributed by atoms with van der Waals surface area (Å²) in [6.07, 6.45) is 5.95. The monoisotopic (exact) mass is 425 g/mol. The summed E-state index contributed by atoms with van der Waals surface area (Å²) >= 11 is 1.46. The van der Waals surface area contributed by atoms with Crippen LogP contribution in [0.25, 0.3) is 5.76 Å². The number of likely N-dealkylation sites (tertiary alicyclic amines) is 1. The van der Waals surface area contributed by atoms with Crippen LogP contribution >= 0.6 is 11.3 Å². The third-order valence-electron chi connectivity index (χ3n) is 5.47. The molecule has 1 fully saturated rings. The van der Waals surface area contributed by atoms with Crippen LogP contribution in [0.15, 0.2) is 41.8 Å². The molecule has 0 aromatic carbocycles. The van der Waals surface area contributed by atoms with Crippen molar-refractivity contribution in [1.29, 1.82) is 0 Å². The lowest BCUT2D eigenvalue weighted by atomic mass is 9.99. The van der Waals surface area contributed by atoms with E-state index < -0.39 is 17.7 Å². The number of hydrogen-bond acceptors (Lipinski definition) is 6. The van der Waals surface area contributed by atoms with Crippen molar-refractivity contribution in [3.8, 4) is 0 Å². The van der Waals surface area contributed by atoms with Gasteiger partial charge in [-0.1, -0.05) is 6.07 Å². The molecule has 3 aromatic rings. The molecule has 8 nitrogen and oxygen atoms in total. The normalized spacial score (nSPS) is 18.5. The zero-order valence-electron chi connectivity index (χ0n) is 17.1. The number of aliphatic hydroxyl groups excluding tert-OH is 1. The van der Waals surface area contributed by atoms with Gasteiger partial charge in [-0.25, -0.2) is 4.98 Å². The Kier molecular flexibility index (Phi) is 5.29. The lowest BCUT2D eigenvalue weighted by molar-refractivity contribution is -0.139. The van der Waals surface area contributed by atoms with E-state index in [0.29, 0.717) is 30.8 Å². The number of rotatable bonds is 6. The maximum atomic E-state index is 13.0. The Labute approximate surface area is 178 Å². The molecule has 1 aliphatic rings. The highest BCUT2D eigenvalue weighted by Crippen LogP contribution is 2.41. The Morgan fingerprint density at radius 2 is 2.07 bits per heavy atom. The number of hydrogen-bond donors (Lipinski definition) is 1. The zero-order valence-corrected chi connectivity index (χ0v) is 17.9. The molecule has 3 aromatic heterocycles. The molecule has 1 atom stereocenters. The van der Waals surface area contributed by atoms with Gasteiger partial charge in [0.15, 0.2) is 0 Å². The van der Waals surface area contributed by atoms with Crippen molar-refractivity contribution >= 4 is 28.8 Å². The van der Waals surface area contributed by atoms with Gasteiger partial charge >= 0.3 is 0 Å². The highest BCUT2D eigenvalue weighted by Gasteiger charge is 2.46. The van der Waals surface area contributed by atoms with E-state index in [0.717, 1.165) is 10.6 Å². The van der Waals surface area contributed by atoms with E-state index in [4.69, 9.17) is 0 Å². The summed E-state index contributed by atoms with van der Waals surface area (Å²) in [4.78, 5) is 32.4. The second-order valence-electron chi connectivity index (χ2n) is 7.33. The number of carbonyl (C=O) groups excluding carboxylic acids is 2. The smallest absolute Gasteiger partial charge is 0.295 e. The Balaban J connectivity index is 1.74. The van der Waals surface area contributed by atoms with E-state index in [-0.39, 0.29) is 11.3 Å². The molecule has 0 bridgehead atoms. The number of carbonyl (C=O) groups is 2. The molecule has 9 heteroatoms. The van der Waals surface area contributed by atoms with E-state index in [2.05, 4.69) is 10.1 Å². The lowest BCUT2D eigenvalue weighted by Crippen LogP contribution is -2.31. The van der Waals surface area contributed by atoms with Crippen molar-refractivity contribution in [2.75, 3.05) is 6.54 Å². The molecule has 0 spiro atoms. The number of ketones is 1. The first-order valence-electron chi connectivity index (χ1n) is 9.68. The highest BCUT2D eigenvalue weighted by atomic mass is 32.1. The number of Topliss-reactive ketones (excluding diaryl/α,β-unsaturated/α-hetero) is 1. The Bertz CT molecular complexity index is 1110. The van der Waals surface area contributed by atoms with Gasteiger partial charge in [0.25, 0.3) is 11.7 Å². The summed E-state index contributed by atoms with van der Waals surface area (Å²) < 4.78 is 3.59. The van der Waals surface area contributed by atoms with E-state index in [1.807, 2.05) is 35.2 Å². The molecule has 0 radical (unpaired) electrons. The van der Waals surface area contributed by atoms with Gasteiger partial charge in [-0.2, -0.15) is 5.10 Å². The molecule has 30 heavy (non-hydrogen) atoms. The topological polar surface area (TPSA) is 93.2 Å². The maximum Gasteiger partial charge on any atom is 0.295 e. The first-order valence-corrected chi connectivity index (χ1v) is 10.6. The van der Waals surface area contributed by atoms with Crippen LogP contribution in [0.5, 0.6) is 0 Å². The van der Waals surface area contributed by atoms with Crippen molar-refractivity contribution in [3.05, 3.63) is 63.6 Å². The Morgan fingerprint density at radius 3 is 2.67 bits per heavy atom. The van der Waals surface area contributed by atoms with Crippen LogP contribution in [-0.2, 0) is 23.2 Å². The number of aryl methyl sites for hydroxylation is 3. The molecular weight excluding hydrogens is 402 g/mol. The number of nitrogens with zero attached hydrogens (tertiary/aromatic N) is 5. The number of thiophene rings is 1. The summed E-state index contributed by atoms with van der Waals surface area (Å²) in [6.45, 7) is 4.69. The van der Waals surface area contributed by atoms with Crippen LogP contribution in [0.2, 0.25) is 0 Å². The predicted molar refractivity (Wildman–Crippen MR) is 113 cm³/mol. The fourth-order valence-electron chi connectivity index (χ4n) is 3.95. The minimum atomic E-state index is -0.656. The fourth-order valence-corrected chi connectivity index (χ4v) is 4.79. The van der Waals surface area contributed by atoms with Gasteiger partial charge < -0.3 is 14.6 Å². The van der Waals surface area contributed by atoms with Gasteiger partial charge in [0.2, 0.25) is 0 Å². The van der Waals surface area contributed by atoms with Gasteiger partial charge in [-0.3, -0.25) is 14.3 Å². The average molecular weight is 426 g/mol. The van der Waals surface area contributed by atoms with Crippen LogP contribution < -0.4 is 0 Å². The van der Waals surface area contributed by atoms with Crippen molar-refractivity contribution in [3.63, 3.8) is 0 Å². The fraction of sp³-hybridized carbons (Fsp3) is 0.333. The number of imidazole rings is 1. The van der Waals surface area contributed by atoms with Crippen LogP contribution in [0.1, 0.15) is 34.3 Å². The average Bonchev–Trinajstić information content (AvgIpc) is 3.48. The summed E-state index contributed by atoms with van der Waals surface area (Å²) in [5.74, 6) is -1.40. The van der Waals surface area contributed by atoms with Gasteiger partial charge in [0, 0.05) is 43.1 Å². The minimum absolute atomic E-state index is 0.129. The van der Waals surface area contributed by atoms with Crippen LogP contribution in [0, 0.1) is 13.8 Å². The Morgan fingerprint density at radius 1 is 1.27 bits per heavy atom. The van der Waals surface area contributed by atoms with Crippen LogP contribution in [-0.4, -0.2) is 47.6 Å². The van der Waals surface area contributed by atoms with Crippen LogP contribution in [0.3, 0.4) is 0 Å². The Hall–Kier alpha value is -3.20. The van der Waals surface area contributed by atoms with E-state index in [1.165, 1.54) is 11.3 Å². The third-order valence-corrected chi connectivity index (χ3v) is 6.40. The predicted octanol–water partition coefficient (Wildman–Crippen LogP) is 2.81. The van der Waals surface area contributed by atoms with Crippen molar-refractivity contribution in [2.24, 2.45) is 7.05 Å². The van der Waals surface area contributed by atoms with E-state index >= 15 is 0 Å². The molecule has 1 N–H and O–H groups in total. The highest BCUT2D eigenvalue weighted by molar-refractivity contribution is 7.10.